The highest BCUT2D eigenvalue weighted by atomic mass is 79.9. The zero-order valence-electron chi connectivity index (χ0n) is 9.31. The molecule has 0 atom stereocenters. The molecule has 0 saturated heterocycles. The summed E-state index contributed by atoms with van der Waals surface area (Å²) < 4.78 is 0. The van der Waals surface area contributed by atoms with E-state index in [1.54, 1.807) is 0 Å². The van der Waals surface area contributed by atoms with Crippen molar-refractivity contribution in [2.75, 3.05) is 5.83 Å². The minimum absolute atomic E-state index is 1.16. The molecule has 0 aromatic heterocycles. The first kappa shape index (κ1) is 13.4. The van der Waals surface area contributed by atoms with Gasteiger partial charge in [-0.2, -0.15) is 0 Å². The molecule has 1 rings (SSSR count). The van der Waals surface area contributed by atoms with Gasteiger partial charge in [0.2, 0.25) is 0 Å². The van der Waals surface area contributed by atoms with Crippen molar-refractivity contribution in [2.24, 2.45) is 0 Å². The number of hydrogen-bond donors (Lipinski definition) is 0. The summed E-state index contributed by atoms with van der Waals surface area (Å²) in [5.74, 6) is 1.81. The van der Waals surface area contributed by atoms with Crippen LogP contribution >= 0.6 is 15.9 Å². The van der Waals surface area contributed by atoms with Crippen molar-refractivity contribution in [1.29, 1.82) is 0 Å². The smallest absolute Gasteiger partial charge is 0.00848 e. The largest absolute Gasteiger partial charge is 0.0966 e. The molecule has 0 radical (unpaired) electrons. The standard InChI is InChI=1S/C12H16.CH3Br/c1-4-7-11-8-5-6-9-12(11)10(2)3;1-2/h5-6,8-9H,2,4,7H2,1,3H3;1H3. The Hall–Kier alpha value is -0.560. The summed E-state index contributed by atoms with van der Waals surface area (Å²) in [5, 5.41) is 0. The molecule has 0 aliphatic carbocycles. The number of halogens is 1. The molecule has 0 fully saturated rings. The van der Waals surface area contributed by atoms with E-state index in [9.17, 15) is 0 Å². The maximum Gasteiger partial charge on any atom is -0.00848 e. The third-order valence-electron chi connectivity index (χ3n) is 2.00. The van der Waals surface area contributed by atoms with Gasteiger partial charge in [0.05, 0.1) is 0 Å². The third kappa shape index (κ3) is 4.10. The Morgan fingerprint density at radius 2 is 1.86 bits per heavy atom. The van der Waals surface area contributed by atoms with Gasteiger partial charge in [0.1, 0.15) is 0 Å². The summed E-state index contributed by atoms with van der Waals surface area (Å²) in [4.78, 5) is 0. The maximum atomic E-state index is 3.97. The molecule has 0 bridgehead atoms. The monoisotopic (exact) mass is 254 g/mol. The van der Waals surface area contributed by atoms with Crippen LogP contribution in [0.1, 0.15) is 31.4 Å². The Labute approximate surface area is 96.2 Å². The van der Waals surface area contributed by atoms with Crippen LogP contribution in [0.25, 0.3) is 5.57 Å². The fourth-order valence-corrected chi connectivity index (χ4v) is 1.42. The molecule has 0 saturated carbocycles. The lowest BCUT2D eigenvalue weighted by atomic mass is 9.99. The summed E-state index contributed by atoms with van der Waals surface area (Å²) in [6.07, 6.45) is 2.35. The first-order valence-corrected chi connectivity index (χ1v) is 6.46. The van der Waals surface area contributed by atoms with E-state index < -0.39 is 0 Å². The van der Waals surface area contributed by atoms with Gasteiger partial charge in [0.25, 0.3) is 0 Å². The van der Waals surface area contributed by atoms with Crippen LogP contribution in [0.2, 0.25) is 0 Å². The highest BCUT2D eigenvalue weighted by molar-refractivity contribution is 9.08. The lowest BCUT2D eigenvalue weighted by molar-refractivity contribution is 0.918. The topological polar surface area (TPSA) is 0 Å². The fourth-order valence-electron chi connectivity index (χ4n) is 1.42. The van der Waals surface area contributed by atoms with E-state index in [1.165, 1.54) is 23.1 Å². The molecule has 1 aromatic rings. The highest BCUT2D eigenvalue weighted by Crippen LogP contribution is 2.18. The van der Waals surface area contributed by atoms with Crippen LogP contribution in [0, 0.1) is 0 Å². The van der Waals surface area contributed by atoms with E-state index in [-0.39, 0.29) is 0 Å². The predicted octanol–water partition coefficient (Wildman–Crippen LogP) is 4.68. The molecule has 0 aliphatic rings. The molecule has 0 amide bonds. The van der Waals surface area contributed by atoms with Gasteiger partial charge in [-0.15, -0.1) is 0 Å². The van der Waals surface area contributed by atoms with E-state index in [0.29, 0.717) is 0 Å². The normalized spacial score (nSPS) is 8.86. The Morgan fingerprint density at radius 3 is 2.36 bits per heavy atom. The molecule has 0 unspecified atom stereocenters. The number of aryl methyl sites for hydroxylation is 1. The van der Waals surface area contributed by atoms with Crippen molar-refractivity contribution >= 4 is 21.5 Å². The van der Waals surface area contributed by atoms with Gasteiger partial charge in [-0.3, -0.25) is 0 Å². The second-order valence-electron chi connectivity index (χ2n) is 3.19. The van der Waals surface area contributed by atoms with Crippen molar-refractivity contribution in [2.45, 2.75) is 26.7 Å². The Kier molecular flexibility index (Phi) is 7.50. The molecule has 0 N–H and O–H groups in total. The van der Waals surface area contributed by atoms with Crippen molar-refractivity contribution in [3.05, 3.63) is 42.0 Å². The number of hydrogen-bond acceptors (Lipinski definition) is 0. The molecule has 1 heteroatoms. The number of alkyl halides is 1. The molecule has 0 aliphatic heterocycles. The summed E-state index contributed by atoms with van der Waals surface area (Å²) in [5.41, 5.74) is 3.91. The minimum Gasteiger partial charge on any atom is -0.0966 e. The highest BCUT2D eigenvalue weighted by Gasteiger charge is 1.99. The average molecular weight is 255 g/mol. The molecular formula is C13H19Br. The first-order valence-electron chi connectivity index (χ1n) is 4.87. The summed E-state index contributed by atoms with van der Waals surface area (Å²) in [7, 11) is 0. The van der Waals surface area contributed by atoms with Crippen LogP contribution in [0.4, 0.5) is 0 Å². The average Bonchev–Trinajstić information content (AvgIpc) is 2.22. The minimum atomic E-state index is 1.16. The van der Waals surface area contributed by atoms with Gasteiger partial charge in [-0.25, -0.2) is 0 Å². The SMILES string of the molecule is C=C(C)c1ccccc1CCC.CBr. The molecule has 0 nitrogen and oxygen atoms in total. The van der Waals surface area contributed by atoms with Crippen LogP contribution in [-0.4, -0.2) is 5.83 Å². The second-order valence-corrected chi connectivity index (χ2v) is 3.19. The quantitative estimate of drug-likeness (QED) is 0.688. The van der Waals surface area contributed by atoms with Crippen molar-refractivity contribution in [3.8, 4) is 0 Å². The predicted molar refractivity (Wildman–Crippen MR) is 70.0 cm³/mol. The van der Waals surface area contributed by atoms with E-state index in [0.717, 1.165) is 6.42 Å². The van der Waals surface area contributed by atoms with Crippen LogP contribution in [0.3, 0.4) is 0 Å². The zero-order chi connectivity index (χ0) is 11.0. The van der Waals surface area contributed by atoms with Gasteiger partial charge in [-0.05, 0) is 30.3 Å². The van der Waals surface area contributed by atoms with Crippen LogP contribution in [0.15, 0.2) is 30.8 Å². The van der Waals surface area contributed by atoms with E-state index in [4.69, 9.17) is 0 Å². The van der Waals surface area contributed by atoms with Crippen LogP contribution in [0.5, 0.6) is 0 Å². The molecular weight excluding hydrogens is 236 g/mol. The summed E-state index contributed by atoms with van der Waals surface area (Å²) in [6.45, 7) is 8.24. The number of benzene rings is 1. The zero-order valence-corrected chi connectivity index (χ0v) is 10.9. The molecule has 78 valence electrons. The van der Waals surface area contributed by atoms with E-state index in [1.807, 2.05) is 5.83 Å². The van der Waals surface area contributed by atoms with E-state index in [2.05, 4.69) is 60.6 Å². The van der Waals surface area contributed by atoms with Crippen molar-refractivity contribution in [1.82, 2.24) is 0 Å². The van der Waals surface area contributed by atoms with Crippen molar-refractivity contribution < 1.29 is 0 Å². The van der Waals surface area contributed by atoms with Crippen LogP contribution in [-0.2, 0) is 6.42 Å². The van der Waals surface area contributed by atoms with Gasteiger partial charge in [0, 0.05) is 0 Å². The van der Waals surface area contributed by atoms with Crippen LogP contribution < -0.4 is 0 Å². The van der Waals surface area contributed by atoms with Gasteiger partial charge in [0.15, 0.2) is 0 Å². The molecule has 0 spiro atoms. The summed E-state index contributed by atoms with van der Waals surface area (Å²) >= 11 is 2.94. The lowest BCUT2D eigenvalue weighted by Crippen LogP contribution is -1.89. The van der Waals surface area contributed by atoms with Gasteiger partial charge < -0.3 is 0 Å². The Bertz CT molecular complexity index is 276. The molecule has 1 aromatic carbocycles. The Morgan fingerprint density at radius 1 is 1.29 bits per heavy atom. The van der Waals surface area contributed by atoms with E-state index >= 15 is 0 Å². The Balaban J connectivity index is 0.000000791. The summed E-state index contributed by atoms with van der Waals surface area (Å²) in [6, 6.07) is 8.50. The van der Waals surface area contributed by atoms with Gasteiger partial charge in [-0.1, -0.05) is 65.7 Å². The van der Waals surface area contributed by atoms with Gasteiger partial charge >= 0.3 is 0 Å². The number of rotatable bonds is 3. The fraction of sp³-hybridized carbons (Fsp3) is 0.385. The van der Waals surface area contributed by atoms with Crippen molar-refractivity contribution in [3.63, 3.8) is 0 Å². The second kappa shape index (κ2) is 7.81. The molecule has 0 heterocycles. The third-order valence-corrected chi connectivity index (χ3v) is 2.00. The molecule has 14 heavy (non-hydrogen) atoms. The first-order chi connectivity index (χ1) is 6.75. The number of allylic oxidation sites excluding steroid dienone is 1. The lowest BCUT2D eigenvalue weighted by Gasteiger charge is -2.06. The maximum absolute atomic E-state index is 3.97.